The molecule has 1 amide bonds. The van der Waals surface area contributed by atoms with Gasteiger partial charge in [0.2, 0.25) is 5.91 Å². The molecule has 2 aromatic carbocycles. The van der Waals surface area contributed by atoms with Crippen LogP contribution in [-0.2, 0) is 11.2 Å². The number of methoxy groups -OCH3 is 2. The molecule has 0 aromatic heterocycles. The lowest BCUT2D eigenvalue weighted by Crippen LogP contribution is -2.17. The van der Waals surface area contributed by atoms with Gasteiger partial charge in [-0.3, -0.25) is 4.79 Å². The third-order valence-corrected chi connectivity index (χ3v) is 3.71. The lowest BCUT2D eigenvalue weighted by atomic mass is 9.93. The van der Waals surface area contributed by atoms with Gasteiger partial charge in [0.15, 0.2) is 11.5 Å². The molecular formula is C18H17NO3. The summed E-state index contributed by atoms with van der Waals surface area (Å²) in [6.07, 6.45) is 2.07. The average molecular weight is 295 g/mol. The molecular weight excluding hydrogens is 278 g/mol. The van der Waals surface area contributed by atoms with E-state index < -0.39 is 0 Å². The zero-order valence-electron chi connectivity index (χ0n) is 12.6. The van der Waals surface area contributed by atoms with E-state index >= 15 is 0 Å². The molecule has 0 saturated carbocycles. The van der Waals surface area contributed by atoms with Crippen LogP contribution in [0.5, 0.6) is 11.5 Å². The number of carbonyl (C=O) groups is 1. The number of hydrogen-bond donors (Lipinski definition) is 1. The molecule has 1 heterocycles. The number of rotatable bonds is 3. The van der Waals surface area contributed by atoms with Crippen molar-refractivity contribution >= 4 is 11.5 Å². The van der Waals surface area contributed by atoms with Crippen molar-refractivity contribution in [1.29, 1.82) is 0 Å². The fourth-order valence-electron chi connectivity index (χ4n) is 2.63. The quantitative estimate of drug-likeness (QED) is 0.947. The fraction of sp³-hybridized carbons (Fsp3) is 0.167. The molecule has 0 spiro atoms. The molecule has 112 valence electrons. The second-order valence-electron chi connectivity index (χ2n) is 5.03. The highest BCUT2D eigenvalue weighted by Gasteiger charge is 2.20. The van der Waals surface area contributed by atoms with Crippen molar-refractivity contribution in [2.75, 3.05) is 14.2 Å². The average Bonchev–Trinajstić information content (AvgIpc) is 2.72. The van der Waals surface area contributed by atoms with E-state index in [4.69, 9.17) is 9.47 Å². The number of nitrogens with one attached hydrogen (secondary N) is 1. The van der Waals surface area contributed by atoms with Crippen LogP contribution in [0.25, 0.3) is 5.57 Å². The molecule has 1 N–H and O–H groups in total. The third kappa shape index (κ3) is 2.55. The van der Waals surface area contributed by atoms with E-state index in [-0.39, 0.29) is 5.91 Å². The van der Waals surface area contributed by atoms with Gasteiger partial charge in [-0.1, -0.05) is 30.3 Å². The summed E-state index contributed by atoms with van der Waals surface area (Å²) in [5, 5.41) is 2.83. The van der Waals surface area contributed by atoms with Crippen molar-refractivity contribution in [2.45, 2.75) is 6.42 Å². The molecule has 1 aliphatic rings. The van der Waals surface area contributed by atoms with Gasteiger partial charge in [0.05, 0.1) is 20.6 Å². The van der Waals surface area contributed by atoms with Crippen molar-refractivity contribution in [3.05, 3.63) is 65.4 Å². The van der Waals surface area contributed by atoms with Gasteiger partial charge in [0.1, 0.15) is 0 Å². The van der Waals surface area contributed by atoms with Crippen LogP contribution in [0.2, 0.25) is 0 Å². The number of amides is 1. The van der Waals surface area contributed by atoms with Gasteiger partial charge in [-0.15, -0.1) is 0 Å². The Morgan fingerprint density at radius 1 is 1.00 bits per heavy atom. The first-order valence-electron chi connectivity index (χ1n) is 7.03. The maximum Gasteiger partial charge on any atom is 0.228 e. The molecule has 22 heavy (non-hydrogen) atoms. The summed E-state index contributed by atoms with van der Waals surface area (Å²) < 4.78 is 10.7. The lowest BCUT2D eigenvalue weighted by Gasteiger charge is -2.15. The van der Waals surface area contributed by atoms with Crippen LogP contribution in [0.15, 0.2) is 48.7 Å². The Morgan fingerprint density at radius 2 is 1.68 bits per heavy atom. The molecule has 4 nitrogen and oxygen atoms in total. The van der Waals surface area contributed by atoms with Crippen molar-refractivity contribution in [3.8, 4) is 11.5 Å². The van der Waals surface area contributed by atoms with Gasteiger partial charge in [0, 0.05) is 11.8 Å². The van der Waals surface area contributed by atoms with Crippen LogP contribution in [0.3, 0.4) is 0 Å². The maximum atomic E-state index is 11.9. The minimum atomic E-state index is -0.0422. The molecule has 2 aromatic rings. The predicted octanol–water partition coefficient (Wildman–Crippen LogP) is 2.77. The summed E-state index contributed by atoms with van der Waals surface area (Å²) in [6.45, 7) is 0. The molecule has 0 aliphatic carbocycles. The Kier molecular flexibility index (Phi) is 3.83. The first kappa shape index (κ1) is 14.2. The summed E-state index contributed by atoms with van der Waals surface area (Å²) in [7, 11) is 3.20. The van der Waals surface area contributed by atoms with Crippen LogP contribution in [0, 0.1) is 0 Å². The minimum absolute atomic E-state index is 0.0422. The van der Waals surface area contributed by atoms with Crippen molar-refractivity contribution in [2.24, 2.45) is 0 Å². The van der Waals surface area contributed by atoms with Gasteiger partial charge in [-0.2, -0.15) is 0 Å². The van der Waals surface area contributed by atoms with Crippen LogP contribution in [-0.4, -0.2) is 20.1 Å². The normalized spacial score (nSPS) is 13.5. The second-order valence-corrected chi connectivity index (χ2v) is 5.03. The molecule has 0 bridgehead atoms. The molecule has 4 heteroatoms. The molecule has 0 saturated heterocycles. The first-order chi connectivity index (χ1) is 10.7. The van der Waals surface area contributed by atoms with E-state index in [1.54, 1.807) is 20.4 Å². The Bertz CT molecular complexity index is 735. The highest BCUT2D eigenvalue weighted by atomic mass is 16.5. The Hall–Kier alpha value is -2.75. The summed E-state index contributed by atoms with van der Waals surface area (Å²) in [4.78, 5) is 11.9. The standard InChI is InChI=1S/C18H17NO3/c1-21-16-8-13-9-18(20)19-11-15(12-6-4-3-5-7-12)14(13)10-17(16)22-2/h3-8,10-11H,9H2,1-2H3,(H,19,20). The first-order valence-corrected chi connectivity index (χ1v) is 7.03. The lowest BCUT2D eigenvalue weighted by molar-refractivity contribution is -0.119. The second kappa shape index (κ2) is 5.93. The number of carbonyl (C=O) groups excluding carboxylic acids is 1. The number of hydrogen-bond acceptors (Lipinski definition) is 3. The summed E-state index contributed by atoms with van der Waals surface area (Å²) >= 11 is 0. The largest absolute Gasteiger partial charge is 0.493 e. The highest BCUT2D eigenvalue weighted by molar-refractivity contribution is 5.91. The van der Waals surface area contributed by atoms with Crippen LogP contribution in [0.4, 0.5) is 0 Å². The van der Waals surface area contributed by atoms with Gasteiger partial charge in [-0.25, -0.2) is 0 Å². The molecule has 3 rings (SSSR count). The van der Waals surface area contributed by atoms with Gasteiger partial charge in [0.25, 0.3) is 0 Å². The zero-order valence-corrected chi connectivity index (χ0v) is 12.6. The summed E-state index contributed by atoms with van der Waals surface area (Å²) in [5.41, 5.74) is 3.89. The smallest absolute Gasteiger partial charge is 0.228 e. The third-order valence-electron chi connectivity index (χ3n) is 3.71. The van der Waals surface area contributed by atoms with E-state index in [1.165, 1.54) is 0 Å². The SMILES string of the molecule is COc1cc2c(cc1OC)C(c1ccccc1)=CNC(=O)C2. The Balaban J connectivity index is 2.20. The van der Waals surface area contributed by atoms with Crippen LogP contribution < -0.4 is 14.8 Å². The fourth-order valence-corrected chi connectivity index (χ4v) is 2.63. The number of ether oxygens (including phenoxy) is 2. The maximum absolute atomic E-state index is 11.9. The van der Waals surface area contributed by atoms with Crippen molar-refractivity contribution in [3.63, 3.8) is 0 Å². The van der Waals surface area contributed by atoms with Crippen LogP contribution >= 0.6 is 0 Å². The van der Waals surface area contributed by atoms with E-state index in [0.717, 1.165) is 22.3 Å². The predicted molar refractivity (Wildman–Crippen MR) is 84.9 cm³/mol. The van der Waals surface area contributed by atoms with Crippen LogP contribution in [0.1, 0.15) is 16.7 Å². The molecule has 1 aliphatic heterocycles. The minimum Gasteiger partial charge on any atom is -0.493 e. The van der Waals surface area contributed by atoms with Crippen molar-refractivity contribution in [1.82, 2.24) is 5.32 Å². The Morgan fingerprint density at radius 3 is 2.36 bits per heavy atom. The zero-order chi connectivity index (χ0) is 15.5. The van der Waals surface area contributed by atoms with Crippen molar-refractivity contribution < 1.29 is 14.3 Å². The van der Waals surface area contributed by atoms with Gasteiger partial charge >= 0.3 is 0 Å². The molecule has 0 atom stereocenters. The van der Waals surface area contributed by atoms with Gasteiger partial charge in [-0.05, 0) is 28.8 Å². The molecule has 0 fully saturated rings. The topological polar surface area (TPSA) is 47.6 Å². The van der Waals surface area contributed by atoms with E-state index in [1.807, 2.05) is 42.5 Å². The Labute approximate surface area is 129 Å². The molecule has 0 radical (unpaired) electrons. The van der Waals surface area contributed by atoms with E-state index in [9.17, 15) is 4.79 Å². The summed E-state index contributed by atoms with van der Waals surface area (Å²) in [6, 6.07) is 13.7. The van der Waals surface area contributed by atoms with Gasteiger partial charge < -0.3 is 14.8 Å². The molecule has 0 unspecified atom stereocenters. The van der Waals surface area contributed by atoms with E-state index in [2.05, 4.69) is 5.32 Å². The van der Waals surface area contributed by atoms with E-state index in [0.29, 0.717) is 17.9 Å². The monoisotopic (exact) mass is 295 g/mol. The number of benzene rings is 2. The summed E-state index contributed by atoms with van der Waals surface area (Å²) in [5.74, 6) is 1.24. The highest BCUT2D eigenvalue weighted by Crippen LogP contribution is 2.36. The number of fused-ring (bicyclic) bond motifs is 1.